The summed E-state index contributed by atoms with van der Waals surface area (Å²) in [5, 5.41) is 9.26. The van der Waals surface area contributed by atoms with Gasteiger partial charge in [-0.15, -0.1) is 0 Å². The fourth-order valence-electron chi connectivity index (χ4n) is 2.15. The summed E-state index contributed by atoms with van der Waals surface area (Å²) >= 11 is 0. The van der Waals surface area contributed by atoms with Crippen molar-refractivity contribution in [3.63, 3.8) is 0 Å². The summed E-state index contributed by atoms with van der Waals surface area (Å²) in [6.07, 6.45) is 1.54. The zero-order chi connectivity index (χ0) is 15.6. The maximum atomic E-state index is 12.5. The van der Waals surface area contributed by atoms with Crippen LogP contribution >= 0.6 is 0 Å². The highest BCUT2D eigenvalue weighted by molar-refractivity contribution is 7.92. The summed E-state index contributed by atoms with van der Waals surface area (Å²) in [4.78, 5) is 0.161. The Kier molecular flexibility index (Phi) is 4.39. The fraction of sp³-hybridized carbons (Fsp3) is 0.333. The molecule has 0 spiro atoms. The Bertz CT molecular complexity index is 727. The van der Waals surface area contributed by atoms with Crippen LogP contribution in [0.25, 0.3) is 0 Å². The largest absolute Gasteiger partial charge is 0.390 e. The summed E-state index contributed by atoms with van der Waals surface area (Å²) in [6.45, 7) is 6.08. The van der Waals surface area contributed by atoms with Gasteiger partial charge in [-0.25, -0.2) is 8.42 Å². The van der Waals surface area contributed by atoms with E-state index < -0.39 is 10.0 Å². The van der Waals surface area contributed by atoms with Crippen LogP contribution in [-0.2, 0) is 23.2 Å². The lowest BCUT2D eigenvalue weighted by molar-refractivity contribution is 0.271. The number of aliphatic hydroxyl groups excluding tert-OH is 1. The molecule has 0 aliphatic rings. The highest BCUT2D eigenvalue weighted by Gasteiger charge is 2.18. The van der Waals surface area contributed by atoms with Gasteiger partial charge in [0.05, 0.1) is 12.3 Å². The van der Waals surface area contributed by atoms with Gasteiger partial charge in [-0.05, 0) is 44.0 Å². The van der Waals surface area contributed by atoms with Gasteiger partial charge in [-0.1, -0.05) is 12.1 Å². The lowest BCUT2D eigenvalue weighted by Crippen LogP contribution is -2.13. The predicted octanol–water partition coefficient (Wildman–Crippen LogP) is 2.42. The number of hydrogen-bond acceptors (Lipinski definition) is 3. The van der Waals surface area contributed by atoms with Crippen LogP contribution in [0.4, 0.5) is 5.69 Å². The summed E-state index contributed by atoms with van der Waals surface area (Å²) in [7, 11) is -3.66. The molecule has 0 saturated heterocycles. The van der Waals surface area contributed by atoms with Crippen LogP contribution < -0.4 is 4.72 Å². The van der Waals surface area contributed by atoms with Crippen LogP contribution in [0, 0.1) is 13.8 Å². The highest BCUT2D eigenvalue weighted by Crippen LogP contribution is 2.22. The van der Waals surface area contributed by atoms with Crippen LogP contribution in [-0.4, -0.2) is 18.1 Å². The molecule has 2 aromatic rings. The van der Waals surface area contributed by atoms with Gasteiger partial charge in [-0.3, -0.25) is 4.72 Å². The van der Waals surface area contributed by atoms with Gasteiger partial charge < -0.3 is 9.67 Å². The zero-order valence-corrected chi connectivity index (χ0v) is 13.2. The van der Waals surface area contributed by atoms with E-state index in [2.05, 4.69) is 4.72 Å². The quantitative estimate of drug-likeness (QED) is 0.891. The highest BCUT2D eigenvalue weighted by atomic mass is 32.2. The van der Waals surface area contributed by atoms with E-state index in [0.29, 0.717) is 17.9 Å². The molecule has 0 bridgehead atoms. The van der Waals surface area contributed by atoms with Crippen molar-refractivity contribution in [2.45, 2.75) is 38.8 Å². The van der Waals surface area contributed by atoms with Crippen molar-refractivity contribution in [2.75, 3.05) is 4.72 Å². The smallest absolute Gasteiger partial charge is 0.263 e. The van der Waals surface area contributed by atoms with Gasteiger partial charge in [0.15, 0.2) is 0 Å². The van der Waals surface area contributed by atoms with Crippen molar-refractivity contribution in [1.82, 2.24) is 4.57 Å². The van der Waals surface area contributed by atoms with Crippen LogP contribution in [0.1, 0.15) is 23.7 Å². The Balaban J connectivity index is 2.38. The van der Waals surface area contributed by atoms with E-state index in [1.807, 2.05) is 32.9 Å². The van der Waals surface area contributed by atoms with Gasteiger partial charge >= 0.3 is 0 Å². The second kappa shape index (κ2) is 5.91. The van der Waals surface area contributed by atoms with Gasteiger partial charge in [0.1, 0.15) is 4.90 Å². The van der Waals surface area contributed by atoms with Gasteiger partial charge in [0.2, 0.25) is 0 Å². The molecule has 0 aliphatic carbocycles. The van der Waals surface area contributed by atoms with Crippen LogP contribution in [0.2, 0.25) is 0 Å². The normalized spacial score (nSPS) is 11.6. The summed E-state index contributed by atoms with van der Waals surface area (Å²) in [5.41, 5.74) is 3.01. The van der Waals surface area contributed by atoms with E-state index in [9.17, 15) is 13.5 Å². The number of benzene rings is 1. The molecule has 1 aromatic heterocycles. The molecule has 6 heteroatoms. The number of hydrogen-bond donors (Lipinski definition) is 2. The van der Waals surface area contributed by atoms with E-state index in [1.54, 1.807) is 16.8 Å². The first-order valence-electron chi connectivity index (χ1n) is 6.77. The van der Waals surface area contributed by atoms with Crippen molar-refractivity contribution in [3.8, 4) is 0 Å². The summed E-state index contributed by atoms with van der Waals surface area (Å²) in [6, 6.07) is 7.11. The minimum atomic E-state index is -3.66. The molecular formula is C15H20N2O3S. The molecule has 1 aromatic carbocycles. The Morgan fingerprint density at radius 3 is 2.52 bits per heavy atom. The molecule has 114 valence electrons. The molecule has 1 heterocycles. The molecule has 2 N–H and O–H groups in total. The second-order valence-electron chi connectivity index (χ2n) is 5.04. The standard InChI is InChI=1S/C15H20N2O3S/c1-4-17-9-14(8-13(17)10-18)21(19,20)16-15-7-11(2)5-6-12(15)3/h5-9,16,18H,4,10H2,1-3H3. The maximum Gasteiger partial charge on any atom is 0.263 e. The topological polar surface area (TPSA) is 71.3 Å². The number of anilines is 1. The summed E-state index contributed by atoms with van der Waals surface area (Å²) < 4.78 is 29.2. The first kappa shape index (κ1) is 15.6. The van der Waals surface area contributed by atoms with Crippen LogP contribution in [0.3, 0.4) is 0 Å². The van der Waals surface area contributed by atoms with E-state index in [-0.39, 0.29) is 11.5 Å². The molecule has 0 amide bonds. The number of nitrogens with zero attached hydrogens (tertiary/aromatic N) is 1. The predicted molar refractivity (Wildman–Crippen MR) is 82.8 cm³/mol. The molecule has 0 unspecified atom stereocenters. The van der Waals surface area contributed by atoms with Crippen molar-refractivity contribution in [2.24, 2.45) is 0 Å². The number of sulfonamides is 1. The molecule has 0 saturated carbocycles. The molecule has 0 aliphatic heterocycles. The average molecular weight is 308 g/mol. The minimum absolute atomic E-state index is 0.161. The lowest BCUT2D eigenvalue weighted by Gasteiger charge is -2.10. The molecule has 0 radical (unpaired) electrons. The zero-order valence-electron chi connectivity index (χ0n) is 12.4. The number of aromatic nitrogens is 1. The molecule has 2 rings (SSSR count). The van der Waals surface area contributed by atoms with Crippen molar-refractivity contribution in [3.05, 3.63) is 47.3 Å². The third kappa shape index (κ3) is 3.28. The minimum Gasteiger partial charge on any atom is -0.390 e. The van der Waals surface area contributed by atoms with Gasteiger partial charge in [-0.2, -0.15) is 0 Å². The Hall–Kier alpha value is -1.79. The third-order valence-corrected chi connectivity index (χ3v) is 4.74. The SMILES string of the molecule is CCn1cc(S(=O)(=O)Nc2cc(C)ccc2C)cc1CO. The molecular weight excluding hydrogens is 288 g/mol. The molecule has 0 atom stereocenters. The molecule has 5 nitrogen and oxygen atoms in total. The van der Waals surface area contributed by atoms with Crippen LogP contribution in [0.5, 0.6) is 0 Å². The third-order valence-electron chi connectivity index (χ3n) is 3.41. The Morgan fingerprint density at radius 2 is 1.95 bits per heavy atom. The Morgan fingerprint density at radius 1 is 1.24 bits per heavy atom. The maximum absolute atomic E-state index is 12.5. The molecule has 0 fully saturated rings. The van der Waals surface area contributed by atoms with Crippen molar-refractivity contribution >= 4 is 15.7 Å². The van der Waals surface area contributed by atoms with Gasteiger partial charge in [0, 0.05) is 18.4 Å². The van der Waals surface area contributed by atoms with Crippen molar-refractivity contribution < 1.29 is 13.5 Å². The monoisotopic (exact) mass is 308 g/mol. The second-order valence-corrected chi connectivity index (χ2v) is 6.72. The van der Waals surface area contributed by atoms with Crippen LogP contribution in [0.15, 0.2) is 35.4 Å². The number of nitrogens with one attached hydrogen (secondary N) is 1. The lowest BCUT2D eigenvalue weighted by atomic mass is 10.1. The number of aliphatic hydroxyl groups is 1. The number of aryl methyl sites for hydroxylation is 3. The van der Waals surface area contributed by atoms with Gasteiger partial charge in [0.25, 0.3) is 10.0 Å². The van der Waals surface area contributed by atoms with E-state index in [4.69, 9.17) is 0 Å². The summed E-state index contributed by atoms with van der Waals surface area (Å²) in [5.74, 6) is 0. The number of rotatable bonds is 5. The first-order chi connectivity index (χ1) is 9.87. The van der Waals surface area contributed by atoms with Crippen molar-refractivity contribution in [1.29, 1.82) is 0 Å². The van der Waals surface area contributed by atoms with E-state index in [1.165, 1.54) is 6.07 Å². The average Bonchev–Trinajstić information content (AvgIpc) is 2.86. The van der Waals surface area contributed by atoms with E-state index >= 15 is 0 Å². The van der Waals surface area contributed by atoms with E-state index in [0.717, 1.165) is 11.1 Å². The fourth-order valence-corrected chi connectivity index (χ4v) is 3.33. The Labute approximate surface area is 125 Å². The first-order valence-corrected chi connectivity index (χ1v) is 8.25. The molecule has 21 heavy (non-hydrogen) atoms.